The van der Waals surface area contributed by atoms with E-state index in [0.29, 0.717) is 0 Å². The molecule has 41 heavy (non-hydrogen) atoms. The molecule has 2 aromatic heterocycles. The van der Waals surface area contributed by atoms with Crippen molar-refractivity contribution in [2.45, 2.75) is 20.8 Å². The van der Waals surface area contributed by atoms with Crippen molar-refractivity contribution in [1.29, 1.82) is 0 Å². The van der Waals surface area contributed by atoms with Gasteiger partial charge >= 0.3 is 0 Å². The van der Waals surface area contributed by atoms with Crippen molar-refractivity contribution >= 4 is 21.5 Å². The zero-order valence-corrected chi connectivity index (χ0v) is 23.3. The van der Waals surface area contributed by atoms with Crippen LogP contribution in [-0.4, -0.2) is 19.9 Å². The Labute approximate surface area is 239 Å². The van der Waals surface area contributed by atoms with E-state index in [1.807, 2.05) is 39.2 Å². The Hall–Kier alpha value is -5.22. The summed E-state index contributed by atoms with van der Waals surface area (Å²) in [7, 11) is 0. The van der Waals surface area contributed by atoms with Gasteiger partial charge in [0.05, 0.1) is 0 Å². The van der Waals surface area contributed by atoms with Gasteiger partial charge in [0.25, 0.3) is 0 Å². The molecule has 0 aliphatic carbocycles. The van der Waals surface area contributed by atoms with Crippen LogP contribution in [0.4, 0.5) is 0 Å². The lowest BCUT2D eigenvalue weighted by Crippen LogP contribution is -1.94. The van der Waals surface area contributed by atoms with Crippen LogP contribution in [0.3, 0.4) is 0 Å². The molecule has 4 nitrogen and oxygen atoms in total. The quantitative estimate of drug-likeness (QED) is 0.214. The van der Waals surface area contributed by atoms with Gasteiger partial charge in [-0.15, -0.1) is 0 Å². The van der Waals surface area contributed by atoms with E-state index in [1.54, 1.807) is 0 Å². The molecule has 4 heteroatoms. The number of hydrogen-bond donors (Lipinski definition) is 0. The van der Waals surface area contributed by atoms with Crippen molar-refractivity contribution in [3.8, 4) is 45.0 Å². The minimum atomic E-state index is 0.747. The van der Waals surface area contributed by atoms with Gasteiger partial charge in [0.1, 0.15) is 0 Å². The molecule has 0 saturated carbocycles. The Balaban J connectivity index is 1.39. The highest BCUT2D eigenvalue weighted by atomic mass is 14.9. The van der Waals surface area contributed by atoms with Crippen molar-refractivity contribution < 1.29 is 0 Å². The van der Waals surface area contributed by atoms with Gasteiger partial charge in [-0.25, -0.2) is 19.9 Å². The first-order chi connectivity index (χ1) is 20.1. The lowest BCUT2D eigenvalue weighted by Gasteiger charge is -2.18. The molecule has 2 heterocycles. The maximum Gasteiger partial charge on any atom is 0.159 e. The van der Waals surface area contributed by atoms with Gasteiger partial charge < -0.3 is 0 Å². The highest BCUT2D eigenvalue weighted by molar-refractivity contribution is 6.21. The summed E-state index contributed by atoms with van der Waals surface area (Å²) >= 11 is 0. The van der Waals surface area contributed by atoms with E-state index in [1.165, 1.54) is 43.8 Å². The van der Waals surface area contributed by atoms with Crippen LogP contribution in [0, 0.1) is 20.8 Å². The van der Waals surface area contributed by atoms with Crippen LogP contribution < -0.4 is 0 Å². The first-order valence-electron chi connectivity index (χ1n) is 13.8. The first-order valence-corrected chi connectivity index (χ1v) is 13.8. The molecular weight excluding hydrogens is 500 g/mol. The van der Waals surface area contributed by atoms with Crippen LogP contribution in [0.15, 0.2) is 116 Å². The highest BCUT2D eigenvalue weighted by Crippen LogP contribution is 2.44. The van der Waals surface area contributed by atoms with Crippen molar-refractivity contribution in [2.75, 3.05) is 0 Å². The first kappa shape index (κ1) is 24.8. The second-order valence-corrected chi connectivity index (χ2v) is 10.5. The normalized spacial score (nSPS) is 11.3. The second kappa shape index (κ2) is 10.1. The Kier molecular flexibility index (Phi) is 6.09. The predicted octanol–water partition coefficient (Wildman–Crippen LogP) is 9.17. The number of nitrogens with zero attached hydrogens (tertiary/aromatic N) is 4. The van der Waals surface area contributed by atoms with E-state index in [0.717, 1.165) is 39.7 Å². The van der Waals surface area contributed by atoms with Gasteiger partial charge in [0, 0.05) is 34.9 Å². The molecule has 0 unspecified atom stereocenters. The van der Waals surface area contributed by atoms with E-state index >= 15 is 0 Å². The highest BCUT2D eigenvalue weighted by Gasteiger charge is 2.17. The van der Waals surface area contributed by atoms with Crippen molar-refractivity contribution in [3.05, 3.63) is 132 Å². The average Bonchev–Trinajstić information content (AvgIpc) is 3.01. The van der Waals surface area contributed by atoms with Crippen LogP contribution in [0.5, 0.6) is 0 Å². The molecule has 0 atom stereocenters. The summed E-state index contributed by atoms with van der Waals surface area (Å²) in [5.74, 6) is 1.50. The van der Waals surface area contributed by atoms with E-state index in [9.17, 15) is 0 Å². The van der Waals surface area contributed by atoms with Gasteiger partial charge in [-0.2, -0.15) is 0 Å². The number of aromatic nitrogens is 4. The standard InChI is InChI=1S/C37H28N4/c1-23-22-39-37(41-25(23)3)29-18-14-27(15-19-29)35-32-10-6-4-8-30(32)34(31-9-5-7-11-33(31)35)26-12-16-28(17-13-26)36-38-21-20-24(2)40-36/h4-22H,1-3H3. The van der Waals surface area contributed by atoms with Crippen LogP contribution in [0.25, 0.3) is 66.6 Å². The Morgan fingerprint density at radius 1 is 0.439 bits per heavy atom. The zero-order valence-electron chi connectivity index (χ0n) is 23.3. The number of aryl methyl sites for hydroxylation is 3. The van der Waals surface area contributed by atoms with E-state index in [2.05, 4.69) is 112 Å². The molecule has 0 spiro atoms. The minimum absolute atomic E-state index is 0.747. The molecule has 7 rings (SSSR count). The summed E-state index contributed by atoms with van der Waals surface area (Å²) in [6.45, 7) is 6.05. The van der Waals surface area contributed by atoms with Crippen molar-refractivity contribution in [2.24, 2.45) is 0 Å². The molecule has 196 valence electrons. The number of fused-ring (bicyclic) bond motifs is 2. The topological polar surface area (TPSA) is 51.6 Å². The van der Waals surface area contributed by atoms with Crippen LogP contribution in [-0.2, 0) is 0 Å². The number of benzene rings is 5. The zero-order chi connectivity index (χ0) is 27.9. The third kappa shape index (κ3) is 4.44. The lowest BCUT2D eigenvalue weighted by molar-refractivity contribution is 1.07. The van der Waals surface area contributed by atoms with E-state index < -0.39 is 0 Å². The maximum atomic E-state index is 4.70. The molecule has 0 aliphatic heterocycles. The van der Waals surface area contributed by atoms with Gasteiger partial charge in [-0.1, -0.05) is 97.1 Å². The summed E-state index contributed by atoms with van der Waals surface area (Å²) < 4.78 is 0. The molecule has 0 bridgehead atoms. The maximum absolute atomic E-state index is 4.70. The van der Waals surface area contributed by atoms with Gasteiger partial charge in [-0.05, 0) is 76.2 Å². The monoisotopic (exact) mass is 528 g/mol. The Morgan fingerprint density at radius 3 is 1.32 bits per heavy atom. The third-order valence-corrected chi connectivity index (χ3v) is 7.81. The molecular formula is C37H28N4. The molecule has 0 aliphatic rings. The average molecular weight is 529 g/mol. The summed E-state index contributed by atoms with van der Waals surface area (Å²) in [6.07, 6.45) is 3.71. The lowest BCUT2D eigenvalue weighted by atomic mass is 9.85. The number of rotatable bonds is 4. The summed E-state index contributed by atoms with van der Waals surface area (Å²) in [4.78, 5) is 18.3. The molecule has 5 aromatic carbocycles. The molecule has 0 N–H and O–H groups in total. The Morgan fingerprint density at radius 2 is 0.878 bits per heavy atom. The largest absolute Gasteiger partial charge is 0.237 e. The summed E-state index contributed by atoms with van der Waals surface area (Å²) in [5.41, 5.74) is 9.89. The summed E-state index contributed by atoms with van der Waals surface area (Å²) in [5, 5.41) is 4.90. The molecule has 0 saturated heterocycles. The third-order valence-electron chi connectivity index (χ3n) is 7.81. The second-order valence-electron chi connectivity index (χ2n) is 10.5. The molecule has 7 aromatic rings. The number of hydrogen-bond acceptors (Lipinski definition) is 4. The summed E-state index contributed by atoms with van der Waals surface area (Å²) in [6, 6.07) is 36.6. The van der Waals surface area contributed by atoms with E-state index in [-0.39, 0.29) is 0 Å². The van der Waals surface area contributed by atoms with Crippen molar-refractivity contribution in [1.82, 2.24) is 19.9 Å². The smallest absolute Gasteiger partial charge is 0.159 e. The molecule has 0 radical (unpaired) electrons. The fourth-order valence-corrected chi connectivity index (χ4v) is 5.58. The predicted molar refractivity (Wildman–Crippen MR) is 169 cm³/mol. The van der Waals surface area contributed by atoms with Crippen LogP contribution in [0.2, 0.25) is 0 Å². The van der Waals surface area contributed by atoms with Gasteiger partial charge in [0.2, 0.25) is 0 Å². The molecule has 0 amide bonds. The molecule has 0 fully saturated rings. The minimum Gasteiger partial charge on any atom is -0.237 e. The SMILES string of the molecule is Cc1ccnc(-c2ccc(-c3c4ccccc4c(-c4ccc(-c5ncc(C)c(C)n5)cc4)c4ccccc34)cc2)n1. The van der Waals surface area contributed by atoms with Crippen molar-refractivity contribution in [3.63, 3.8) is 0 Å². The van der Waals surface area contributed by atoms with Gasteiger partial charge in [-0.3, -0.25) is 0 Å². The van der Waals surface area contributed by atoms with Crippen LogP contribution in [0.1, 0.15) is 17.0 Å². The fraction of sp³-hybridized carbons (Fsp3) is 0.0811. The Bertz CT molecular complexity index is 2000. The fourth-order valence-electron chi connectivity index (χ4n) is 5.58. The van der Waals surface area contributed by atoms with Gasteiger partial charge in [0.15, 0.2) is 11.6 Å². The van der Waals surface area contributed by atoms with E-state index in [4.69, 9.17) is 4.98 Å². The van der Waals surface area contributed by atoms with Crippen LogP contribution >= 0.6 is 0 Å².